The SMILES string of the molecule is COC.O=C1/C(=N/O)Cc2ccccc21. The van der Waals surface area contributed by atoms with Crippen LogP contribution in [0.1, 0.15) is 15.9 Å². The third-order valence-corrected chi connectivity index (χ3v) is 2.00. The lowest BCUT2D eigenvalue weighted by Gasteiger charge is -1.91. The monoisotopic (exact) mass is 207 g/mol. The van der Waals surface area contributed by atoms with Crippen molar-refractivity contribution in [2.75, 3.05) is 14.2 Å². The number of oxime groups is 1. The van der Waals surface area contributed by atoms with Gasteiger partial charge in [0.05, 0.1) is 0 Å². The molecular formula is C11H13NO3. The Morgan fingerprint density at radius 1 is 1.33 bits per heavy atom. The van der Waals surface area contributed by atoms with Gasteiger partial charge in [0.2, 0.25) is 5.78 Å². The van der Waals surface area contributed by atoms with Gasteiger partial charge >= 0.3 is 0 Å². The van der Waals surface area contributed by atoms with E-state index in [-0.39, 0.29) is 11.5 Å². The highest BCUT2D eigenvalue weighted by Gasteiger charge is 2.25. The number of carbonyl (C=O) groups is 1. The molecule has 1 aromatic rings. The van der Waals surface area contributed by atoms with Gasteiger partial charge in [-0.05, 0) is 5.56 Å². The Kier molecular flexibility index (Phi) is 4.00. The minimum atomic E-state index is -0.159. The van der Waals surface area contributed by atoms with Gasteiger partial charge in [-0.1, -0.05) is 29.4 Å². The van der Waals surface area contributed by atoms with E-state index in [1.165, 1.54) is 0 Å². The summed E-state index contributed by atoms with van der Waals surface area (Å²) >= 11 is 0. The van der Waals surface area contributed by atoms with Crippen LogP contribution in [0.5, 0.6) is 0 Å². The number of methoxy groups -OCH3 is 1. The van der Waals surface area contributed by atoms with Gasteiger partial charge in [0.1, 0.15) is 5.71 Å². The third-order valence-electron chi connectivity index (χ3n) is 2.00. The van der Waals surface area contributed by atoms with Gasteiger partial charge in [-0.25, -0.2) is 0 Å². The van der Waals surface area contributed by atoms with Crippen LogP contribution in [0.3, 0.4) is 0 Å². The molecule has 0 radical (unpaired) electrons. The minimum Gasteiger partial charge on any atom is -0.411 e. The highest BCUT2D eigenvalue weighted by Crippen LogP contribution is 2.19. The van der Waals surface area contributed by atoms with Crippen LogP contribution in [0.25, 0.3) is 0 Å². The molecule has 1 aliphatic carbocycles. The molecule has 0 spiro atoms. The van der Waals surface area contributed by atoms with Crippen molar-refractivity contribution < 1.29 is 14.7 Å². The normalized spacial score (nSPS) is 15.9. The molecule has 80 valence electrons. The molecule has 1 N–H and O–H groups in total. The molecule has 15 heavy (non-hydrogen) atoms. The van der Waals surface area contributed by atoms with Crippen molar-refractivity contribution in [2.45, 2.75) is 6.42 Å². The number of ether oxygens (including phenoxy) is 1. The van der Waals surface area contributed by atoms with E-state index in [1.807, 2.05) is 12.1 Å². The van der Waals surface area contributed by atoms with Crippen LogP contribution in [0.15, 0.2) is 29.4 Å². The zero-order chi connectivity index (χ0) is 11.3. The summed E-state index contributed by atoms with van der Waals surface area (Å²) in [5.41, 5.74) is 1.83. The first-order valence-corrected chi connectivity index (χ1v) is 4.48. The van der Waals surface area contributed by atoms with Crippen LogP contribution in [-0.4, -0.2) is 30.9 Å². The predicted molar refractivity (Wildman–Crippen MR) is 56.6 cm³/mol. The first kappa shape index (κ1) is 11.4. The maximum atomic E-state index is 11.3. The zero-order valence-electron chi connectivity index (χ0n) is 8.73. The number of fused-ring (bicyclic) bond motifs is 1. The van der Waals surface area contributed by atoms with Gasteiger partial charge in [-0.2, -0.15) is 0 Å². The largest absolute Gasteiger partial charge is 0.411 e. The molecule has 0 atom stereocenters. The van der Waals surface area contributed by atoms with Crippen molar-refractivity contribution in [1.29, 1.82) is 0 Å². The van der Waals surface area contributed by atoms with E-state index in [0.29, 0.717) is 12.0 Å². The number of hydrogen-bond acceptors (Lipinski definition) is 4. The Bertz CT molecular complexity index is 385. The zero-order valence-corrected chi connectivity index (χ0v) is 8.73. The molecule has 0 saturated carbocycles. The second kappa shape index (κ2) is 5.26. The fraction of sp³-hybridized carbons (Fsp3) is 0.273. The first-order valence-electron chi connectivity index (χ1n) is 4.48. The van der Waals surface area contributed by atoms with E-state index in [1.54, 1.807) is 26.4 Å². The second-order valence-corrected chi connectivity index (χ2v) is 3.12. The molecule has 0 bridgehead atoms. The number of Topliss-reactive ketones (excluding diaryl/α,β-unsaturated/α-hetero) is 1. The quantitative estimate of drug-likeness (QED) is 0.518. The van der Waals surface area contributed by atoms with Crippen molar-refractivity contribution in [3.05, 3.63) is 35.4 Å². The lowest BCUT2D eigenvalue weighted by molar-refractivity contribution is 0.106. The predicted octanol–water partition coefficient (Wildman–Crippen LogP) is 1.52. The van der Waals surface area contributed by atoms with Crippen LogP contribution in [0.2, 0.25) is 0 Å². The number of benzene rings is 1. The molecule has 0 saturated heterocycles. The van der Waals surface area contributed by atoms with E-state index < -0.39 is 0 Å². The molecule has 0 heterocycles. The molecule has 2 rings (SSSR count). The van der Waals surface area contributed by atoms with Gasteiger partial charge in [0, 0.05) is 26.2 Å². The molecule has 4 heteroatoms. The minimum absolute atomic E-state index is 0.159. The molecule has 1 aliphatic rings. The second-order valence-electron chi connectivity index (χ2n) is 3.12. The Morgan fingerprint density at radius 2 is 1.93 bits per heavy atom. The molecule has 0 aliphatic heterocycles. The maximum absolute atomic E-state index is 11.3. The smallest absolute Gasteiger partial charge is 0.211 e. The Hall–Kier alpha value is -1.68. The van der Waals surface area contributed by atoms with Gasteiger partial charge < -0.3 is 9.94 Å². The van der Waals surface area contributed by atoms with Crippen LogP contribution < -0.4 is 0 Å². The van der Waals surface area contributed by atoms with Gasteiger partial charge in [0.25, 0.3) is 0 Å². The van der Waals surface area contributed by atoms with Crippen LogP contribution in [0, 0.1) is 0 Å². The summed E-state index contributed by atoms with van der Waals surface area (Å²) in [6, 6.07) is 7.28. The van der Waals surface area contributed by atoms with Crippen molar-refractivity contribution in [3.8, 4) is 0 Å². The number of ketones is 1. The topological polar surface area (TPSA) is 58.9 Å². The highest BCUT2D eigenvalue weighted by molar-refractivity contribution is 6.49. The standard InChI is InChI=1S/C9H7NO2.C2H6O/c11-9-7-4-2-1-3-6(7)5-8(9)10-12;1-3-2/h1-4,12H,5H2;1-2H3/b10-8+;. The first-order chi connectivity index (χ1) is 7.24. The fourth-order valence-electron chi connectivity index (χ4n) is 1.39. The summed E-state index contributed by atoms with van der Waals surface area (Å²) in [7, 11) is 3.25. The van der Waals surface area contributed by atoms with Crippen molar-refractivity contribution >= 4 is 11.5 Å². The number of rotatable bonds is 0. The van der Waals surface area contributed by atoms with E-state index in [4.69, 9.17) is 5.21 Å². The maximum Gasteiger partial charge on any atom is 0.211 e. The van der Waals surface area contributed by atoms with Crippen molar-refractivity contribution in [2.24, 2.45) is 5.16 Å². The Morgan fingerprint density at radius 3 is 2.47 bits per heavy atom. The van der Waals surface area contributed by atoms with Crippen molar-refractivity contribution in [3.63, 3.8) is 0 Å². The number of carbonyl (C=O) groups excluding carboxylic acids is 1. The van der Waals surface area contributed by atoms with Gasteiger partial charge in [-0.3, -0.25) is 4.79 Å². The number of hydrogen-bond donors (Lipinski definition) is 1. The molecular weight excluding hydrogens is 194 g/mol. The summed E-state index contributed by atoms with van der Waals surface area (Å²) in [6.45, 7) is 0. The molecule has 0 amide bonds. The lowest BCUT2D eigenvalue weighted by Crippen LogP contribution is -2.06. The fourth-order valence-corrected chi connectivity index (χ4v) is 1.39. The van der Waals surface area contributed by atoms with Gasteiger partial charge in [-0.15, -0.1) is 0 Å². The van der Waals surface area contributed by atoms with Crippen LogP contribution in [0.4, 0.5) is 0 Å². The third kappa shape index (κ3) is 2.41. The molecule has 1 aromatic carbocycles. The Labute approximate surface area is 88.2 Å². The van der Waals surface area contributed by atoms with E-state index in [9.17, 15) is 4.79 Å². The molecule has 0 aromatic heterocycles. The van der Waals surface area contributed by atoms with E-state index in [0.717, 1.165) is 5.56 Å². The average molecular weight is 207 g/mol. The highest BCUT2D eigenvalue weighted by atomic mass is 16.4. The number of nitrogens with zero attached hydrogens (tertiary/aromatic N) is 1. The van der Waals surface area contributed by atoms with Gasteiger partial charge in [0.15, 0.2) is 0 Å². The molecule has 0 fully saturated rings. The summed E-state index contributed by atoms with van der Waals surface area (Å²) in [5, 5.41) is 11.4. The summed E-state index contributed by atoms with van der Waals surface area (Å²) in [4.78, 5) is 11.3. The average Bonchev–Trinajstić information content (AvgIpc) is 2.57. The summed E-state index contributed by atoms with van der Waals surface area (Å²) in [5.74, 6) is -0.159. The summed E-state index contributed by atoms with van der Waals surface area (Å²) < 4.78 is 4.25. The van der Waals surface area contributed by atoms with Crippen molar-refractivity contribution in [1.82, 2.24) is 0 Å². The lowest BCUT2D eigenvalue weighted by atomic mass is 10.1. The van der Waals surface area contributed by atoms with E-state index in [2.05, 4.69) is 9.89 Å². The molecule has 0 unspecified atom stereocenters. The van der Waals surface area contributed by atoms with Crippen LogP contribution >= 0.6 is 0 Å². The molecule has 4 nitrogen and oxygen atoms in total. The van der Waals surface area contributed by atoms with E-state index >= 15 is 0 Å². The van der Waals surface area contributed by atoms with Crippen LogP contribution in [-0.2, 0) is 11.2 Å². The Balaban J connectivity index is 0.000000337. The summed E-state index contributed by atoms with van der Waals surface area (Å²) in [6.07, 6.45) is 0.450.